The van der Waals surface area contributed by atoms with E-state index >= 15 is 0 Å². The number of hydrogen-bond acceptors (Lipinski definition) is 2. The fraction of sp³-hybridized carbons (Fsp3) is 0.889. The van der Waals surface area contributed by atoms with E-state index in [1.54, 1.807) is 0 Å². The molecule has 0 amide bonds. The number of alkyl halides is 1. The minimum atomic E-state index is -0.451. The molecule has 0 spiro atoms. The number of Topliss-reactive ketones (excluding diaryl/α,β-unsaturated/α-hetero) is 1. The molecule has 3 atom stereocenters. The predicted molar refractivity (Wildman–Crippen MR) is 48.2 cm³/mol. The summed E-state index contributed by atoms with van der Waals surface area (Å²) >= 11 is 5.44. The first-order valence-electron chi connectivity index (χ1n) is 4.42. The van der Waals surface area contributed by atoms with Crippen LogP contribution in [0.4, 0.5) is 0 Å². The minimum absolute atomic E-state index is 0.00397. The topological polar surface area (TPSA) is 37.3 Å². The van der Waals surface area contributed by atoms with Gasteiger partial charge in [0.1, 0.15) is 0 Å². The van der Waals surface area contributed by atoms with Gasteiger partial charge in [-0.05, 0) is 25.2 Å². The van der Waals surface area contributed by atoms with E-state index in [-0.39, 0.29) is 17.6 Å². The SMILES string of the molecule is C[C@@H]1CC[C@@H](O)[C@@H](C(=O)CCl)C1. The second-order valence-corrected chi connectivity index (χ2v) is 3.96. The van der Waals surface area contributed by atoms with Gasteiger partial charge in [-0.25, -0.2) is 0 Å². The third-order valence-corrected chi connectivity index (χ3v) is 2.88. The highest BCUT2D eigenvalue weighted by Crippen LogP contribution is 2.29. The fourth-order valence-electron chi connectivity index (χ4n) is 1.81. The molecule has 1 aliphatic rings. The smallest absolute Gasteiger partial charge is 0.153 e. The van der Waals surface area contributed by atoms with Crippen molar-refractivity contribution >= 4 is 17.4 Å². The van der Waals surface area contributed by atoms with Crippen molar-refractivity contribution in [2.75, 3.05) is 5.88 Å². The Morgan fingerprint density at radius 1 is 1.58 bits per heavy atom. The van der Waals surface area contributed by atoms with Gasteiger partial charge in [-0.2, -0.15) is 0 Å². The predicted octanol–water partition coefficient (Wildman–Crippen LogP) is 1.59. The molecule has 1 saturated carbocycles. The number of hydrogen-bond donors (Lipinski definition) is 1. The van der Waals surface area contributed by atoms with E-state index < -0.39 is 6.10 Å². The maximum atomic E-state index is 11.2. The van der Waals surface area contributed by atoms with Gasteiger partial charge >= 0.3 is 0 Å². The Kier molecular flexibility index (Phi) is 3.53. The fourth-order valence-corrected chi connectivity index (χ4v) is 2.01. The number of aliphatic hydroxyl groups is 1. The van der Waals surface area contributed by atoms with Crippen LogP contribution in [-0.2, 0) is 4.79 Å². The van der Waals surface area contributed by atoms with E-state index in [1.807, 2.05) is 0 Å². The normalized spacial score (nSPS) is 36.4. The molecule has 1 aliphatic carbocycles. The lowest BCUT2D eigenvalue weighted by atomic mass is 9.78. The largest absolute Gasteiger partial charge is 0.392 e. The summed E-state index contributed by atoms with van der Waals surface area (Å²) in [5.74, 6) is 0.376. The lowest BCUT2D eigenvalue weighted by Gasteiger charge is -2.29. The average Bonchev–Trinajstić information content (AvgIpc) is 2.08. The molecule has 1 N–H and O–H groups in total. The van der Waals surface area contributed by atoms with Crippen LogP contribution in [0.1, 0.15) is 26.2 Å². The second-order valence-electron chi connectivity index (χ2n) is 3.69. The van der Waals surface area contributed by atoms with Gasteiger partial charge in [0.2, 0.25) is 0 Å². The zero-order chi connectivity index (χ0) is 9.14. The summed E-state index contributed by atoms with van der Waals surface area (Å²) in [6.45, 7) is 2.11. The Bertz CT molecular complexity index is 170. The van der Waals surface area contributed by atoms with Crippen molar-refractivity contribution in [1.29, 1.82) is 0 Å². The van der Waals surface area contributed by atoms with E-state index in [0.717, 1.165) is 19.3 Å². The Morgan fingerprint density at radius 3 is 2.83 bits per heavy atom. The summed E-state index contributed by atoms with van der Waals surface area (Å²) < 4.78 is 0. The molecule has 0 radical (unpaired) electrons. The lowest BCUT2D eigenvalue weighted by molar-refractivity contribution is -0.126. The standard InChI is InChI=1S/C9H15ClO2/c1-6-2-3-8(11)7(4-6)9(12)5-10/h6-8,11H,2-5H2,1H3/t6-,7+,8-/m1/s1. The number of rotatable bonds is 2. The van der Waals surface area contributed by atoms with Gasteiger partial charge in [-0.15, -0.1) is 11.6 Å². The Hall–Kier alpha value is -0.0800. The summed E-state index contributed by atoms with van der Waals surface area (Å²) in [4.78, 5) is 11.2. The van der Waals surface area contributed by atoms with Crippen LogP contribution in [0.3, 0.4) is 0 Å². The first-order chi connectivity index (χ1) is 5.65. The molecule has 2 nitrogen and oxygen atoms in total. The van der Waals surface area contributed by atoms with Crippen LogP contribution in [0.5, 0.6) is 0 Å². The molecule has 12 heavy (non-hydrogen) atoms. The lowest BCUT2D eigenvalue weighted by Crippen LogP contribution is -2.34. The molecule has 0 bridgehead atoms. The van der Waals surface area contributed by atoms with Crippen LogP contribution < -0.4 is 0 Å². The van der Waals surface area contributed by atoms with Gasteiger partial charge in [0.05, 0.1) is 12.0 Å². The summed E-state index contributed by atoms with van der Waals surface area (Å²) in [5.41, 5.74) is 0. The van der Waals surface area contributed by atoms with Crippen LogP contribution >= 0.6 is 11.6 Å². The summed E-state index contributed by atoms with van der Waals surface area (Å²) in [6, 6.07) is 0. The highest BCUT2D eigenvalue weighted by atomic mass is 35.5. The molecular formula is C9H15ClO2. The molecule has 3 heteroatoms. The van der Waals surface area contributed by atoms with Crippen molar-refractivity contribution in [2.24, 2.45) is 11.8 Å². The molecule has 0 aliphatic heterocycles. The number of ketones is 1. The van der Waals surface area contributed by atoms with Crippen LogP contribution in [0.15, 0.2) is 0 Å². The summed E-state index contributed by atoms with van der Waals surface area (Å²) in [6.07, 6.45) is 2.11. The van der Waals surface area contributed by atoms with E-state index in [0.29, 0.717) is 5.92 Å². The molecule has 0 aromatic heterocycles. The molecule has 1 rings (SSSR count). The highest BCUT2D eigenvalue weighted by Gasteiger charge is 2.31. The van der Waals surface area contributed by atoms with Crippen molar-refractivity contribution in [1.82, 2.24) is 0 Å². The van der Waals surface area contributed by atoms with Crippen molar-refractivity contribution in [2.45, 2.75) is 32.3 Å². The van der Waals surface area contributed by atoms with E-state index in [1.165, 1.54) is 0 Å². The molecule has 0 aromatic carbocycles. The zero-order valence-corrected chi connectivity index (χ0v) is 8.05. The first kappa shape index (κ1) is 10.0. The first-order valence-corrected chi connectivity index (χ1v) is 4.95. The van der Waals surface area contributed by atoms with Gasteiger partial charge in [0.15, 0.2) is 5.78 Å². The minimum Gasteiger partial charge on any atom is -0.392 e. The second kappa shape index (κ2) is 4.24. The van der Waals surface area contributed by atoms with Crippen molar-refractivity contribution in [3.63, 3.8) is 0 Å². The van der Waals surface area contributed by atoms with Crippen molar-refractivity contribution < 1.29 is 9.90 Å². The Morgan fingerprint density at radius 2 is 2.25 bits per heavy atom. The third kappa shape index (κ3) is 2.20. The maximum absolute atomic E-state index is 11.2. The highest BCUT2D eigenvalue weighted by molar-refractivity contribution is 6.27. The van der Waals surface area contributed by atoms with E-state index in [9.17, 15) is 9.90 Å². The van der Waals surface area contributed by atoms with Gasteiger partial charge in [0, 0.05) is 5.92 Å². The maximum Gasteiger partial charge on any atom is 0.153 e. The monoisotopic (exact) mass is 190 g/mol. The van der Waals surface area contributed by atoms with E-state index in [2.05, 4.69) is 6.92 Å². The zero-order valence-electron chi connectivity index (χ0n) is 7.29. The molecule has 70 valence electrons. The Labute approximate surface area is 77.9 Å². The molecule has 0 heterocycles. The summed E-state index contributed by atoms with van der Waals surface area (Å²) in [5, 5.41) is 9.51. The Balaban J connectivity index is 2.54. The third-order valence-electron chi connectivity index (χ3n) is 2.62. The van der Waals surface area contributed by atoms with Crippen molar-refractivity contribution in [3.8, 4) is 0 Å². The average molecular weight is 191 g/mol. The number of halogens is 1. The van der Waals surface area contributed by atoms with Crippen LogP contribution in [-0.4, -0.2) is 22.9 Å². The van der Waals surface area contributed by atoms with Gasteiger partial charge in [-0.1, -0.05) is 6.92 Å². The van der Waals surface area contributed by atoms with Gasteiger partial charge in [0.25, 0.3) is 0 Å². The molecule has 1 fully saturated rings. The van der Waals surface area contributed by atoms with Crippen LogP contribution in [0.2, 0.25) is 0 Å². The number of aliphatic hydroxyl groups excluding tert-OH is 1. The van der Waals surface area contributed by atoms with Crippen molar-refractivity contribution in [3.05, 3.63) is 0 Å². The summed E-state index contributed by atoms with van der Waals surface area (Å²) in [7, 11) is 0. The van der Waals surface area contributed by atoms with Crippen LogP contribution in [0.25, 0.3) is 0 Å². The quantitative estimate of drug-likeness (QED) is 0.672. The number of carbonyl (C=O) groups is 1. The molecular weight excluding hydrogens is 176 g/mol. The molecule has 0 unspecified atom stereocenters. The van der Waals surface area contributed by atoms with E-state index in [4.69, 9.17) is 11.6 Å². The molecule has 0 saturated heterocycles. The number of carbonyl (C=O) groups excluding carboxylic acids is 1. The van der Waals surface area contributed by atoms with Gasteiger partial charge < -0.3 is 5.11 Å². The molecule has 0 aromatic rings. The van der Waals surface area contributed by atoms with Crippen LogP contribution in [0, 0.1) is 11.8 Å². The van der Waals surface area contributed by atoms with Gasteiger partial charge in [-0.3, -0.25) is 4.79 Å².